The second kappa shape index (κ2) is 3.61. The lowest BCUT2D eigenvalue weighted by Gasteiger charge is -2.19. The minimum atomic E-state index is -3.15. The van der Waals surface area contributed by atoms with Crippen LogP contribution < -0.4 is 0 Å². The Morgan fingerprint density at radius 3 is 2.87 bits per heavy atom. The molecule has 2 rings (SSSR count). The molecular formula is C9H14N2O3S. The van der Waals surface area contributed by atoms with Crippen LogP contribution in [0.25, 0.3) is 0 Å². The van der Waals surface area contributed by atoms with Crippen molar-refractivity contribution in [2.75, 3.05) is 12.8 Å². The van der Waals surface area contributed by atoms with Gasteiger partial charge in [-0.1, -0.05) is 5.16 Å². The normalized spacial score (nSPS) is 23.5. The zero-order valence-electron chi connectivity index (χ0n) is 8.80. The van der Waals surface area contributed by atoms with E-state index in [4.69, 9.17) is 4.52 Å². The molecule has 6 heteroatoms. The van der Waals surface area contributed by atoms with Gasteiger partial charge in [-0.25, -0.2) is 8.42 Å². The van der Waals surface area contributed by atoms with E-state index in [2.05, 4.69) is 5.16 Å². The second-order valence-electron chi connectivity index (χ2n) is 3.90. The van der Waals surface area contributed by atoms with E-state index >= 15 is 0 Å². The maximum atomic E-state index is 11.5. The molecule has 0 N–H and O–H groups in total. The van der Waals surface area contributed by atoms with E-state index in [1.54, 1.807) is 6.07 Å². The third-order valence-corrected chi connectivity index (χ3v) is 3.89. The highest BCUT2D eigenvalue weighted by Crippen LogP contribution is 2.33. The summed E-state index contributed by atoms with van der Waals surface area (Å²) in [5, 5.41) is 3.78. The molecule has 0 saturated carbocycles. The van der Waals surface area contributed by atoms with Crippen LogP contribution in [0.1, 0.15) is 30.3 Å². The Morgan fingerprint density at radius 1 is 1.60 bits per heavy atom. The molecule has 5 nitrogen and oxygen atoms in total. The topological polar surface area (TPSA) is 63.4 Å². The van der Waals surface area contributed by atoms with Crippen molar-refractivity contribution in [3.8, 4) is 0 Å². The molecule has 0 aromatic carbocycles. The standard InChI is InChI=1S/C9H14N2O3S/c1-7-6-9(14-10-7)8-4-3-5-11(8)15(2,12)13/h6,8H,3-5H2,1-2H3/t8-/m0/s1. The third-order valence-electron chi connectivity index (χ3n) is 2.60. The number of hydrogen-bond acceptors (Lipinski definition) is 4. The van der Waals surface area contributed by atoms with Crippen molar-refractivity contribution < 1.29 is 12.9 Å². The molecule has 1 aliphatic rings. The lowest BCUT2D eigenvalue weighted by molar-refractivity contribution is 0.298. The van der Waals surface area contributed by atoms with Crippen LogP contribution in [0.5, 0.6) is 0 Å². The molecule has 0 bridgehead atoms. The Balaban J connectivity index is 2.30. The predicted octanol–water partition coefficient (Wildman–Crippen LogP) is 1.08. The molecule has 0 aliphatic carbocycles. The van der Waals surface area contributed by atoms with E-state index in [1.807, 2.05) is 6.92 Å². The number of nitrogens with zero attached hydrogens (tertiary/aromatic N) is 2. The van der Waals surface area contributed by atoms with Gasteiger partial charge in [0.1, 0.15) is 0 Å². The highest BCUT2D eigenvalue weighted by Gasteiger charge is 2.34. The summed E-state index contributed by atoms with van der Waals surface area (Å²) in [4.78, 5) is 0. The molecule has 1 aromatic heterocycles. The maximum Gasteiger partial charge on any atom is 0.211 e. The smallest absolute Gasteiger partial charge is 0.211 e. The Morgan fingerprint density at radius 2 is 2.33 bits per heavy atom. The first kappa shape index (κ1) is 10.6. The Labute approximate surface area is 89.1 Å². The number of aromatic nitrogens is 1. The van der Waals surface area contributed by atoms with Crippen molar-refractivity contribution in [2.45, 2.75) is 25.8 Å². The quantitative estimate of drug-likeness (QED) is 0.762. The van der Waals surface area contributed by atoms with Gasteiger partial charge in [-0.15, -0.1) is 0 Å². The van der Waals surface area contributed by atoms with E-state index in [0.29, 0.717) is 12.3 Å². The summed E-state index contributed by atoms with van der Waals surface area (Å²) in [6.45, 7) is 2.40. The van der Waals surface area contributed by atoms with Crippen LogP contribution in [0.3, 0.4) is 0 Å². The summed E-state index contributed by atoms with van der Waals surface area (Å²) >= 11 is 0. The van der Waals surface area contributed by atoms with Crippen LogP contribution in [0.15, 0.2) is 10.6 Å². The van der Waals surface area contributed by atoms with Gasteiger partial charge in [-0.3, -0.25) is 0 Å². The van der Waals surface area contributed by atoms with Crippen LogP contribution in [-0.4, -0.2) is 30.7 Å². The average molecular weight is 230 g/mol. The zero-order valence-corrected chi connectivity index (χ0v) is 9.62. The van der Waals surface area contributed by atoms with Gasteiger partial charge in [0.15, 0.2) is 5.76 Å². The van der Waals surface area contributed by atoms with Crippen molar-refractivity contribution in [3.63, 3.8) is 0 Å². The third kappa shape index (κ3) is 2.05. The summed E-state index contributed by atoms with van der Waals surface area (Å²) in [5.41, 5.74) is 0.783. The highest BCUT2D eigenvalue weighted by molar-refractivity contribution is 7.88. The molecule has 1 atom stereocenters. The van der Waals surface area contributed by atoms with Gasteiger partial charge in [0.25, 0.3) is 0 Å². The van der Waals surface area contributed by atoms with Crippen LogP contribution >= 0.6 is 0 Å². The first-order valence-electron chi connectivity index (χ1n) is 4.88. The van der Waals surface area contributed by atoms with Crippen LogP contribution in [0, 0.1) is 6.92 Å². The van der Waals surface area contributed by atoms with Gasteiger partial charge in [-0.2, -0.15) is 4.31 Å². The van der Waals surface area contributed by atoms with Gasteiger partial charge >= 0.3 is 0 Å². The summed E-state index contributed by atoms with van der Waals surface area (Å²) in [7, 11) is -3.15. The van der Waals surface area contributed by atoms with Gasteiger partial charge in [-0.05, 0) is 19.8 Å². The number of sulfonamides is 1. The molecule has 1 aliphatic heterocycles. The van der Waals surface area contributed by atoms with E-state index in [-0.39, 0.29) is 6.04 Å². The van der Waals surface area contributed by atoms with Crippen molar-refractivity contribution in [2.24, 2.45) is 0 Å². The first-order valence-corrected chi connectivity index (χ1v) is 6.73. The minimum absolute atomic E-state index is 0.166. The SMILES string of the molecule is Cc1cc([C@@H]2CCCN2S(C)(=O)=O)on1. The number of rotatable bonds is 2. The van der Waals surface area contributed by atoms with Crippen LogP contribution in [0.2, 0.25) is 0 Å². The second-order valence-corrected chi connectivity index (χ2v) is 5.84. The summed E-state index contributed by atoms with van der Waals surface area (Å²) in [5.74, 6) is 0.649. The molecule has 2 heterocycles. The van der Waals surface area contributed by atoms with Gasteiger partial charge in [0.2, 0.25) is 10.0 Å². The fraction of sp³-hybridized carbons (Fsp3) is 0.667. The predicted molar refractivity (Wildman–Crippen MR) is 54.8 cm³/mol. The average Bonchev–Trinajstić information content (AvgIpc) is 2.68. The van der Waals surface area contributed by atoms with E-state index in [1.165, 1.54) is 10.6 Å². The highest BCUT2D eigenvalue weighted by atomic mass is 32.2. The Hall–Kier alpha value is -0.880. The molecule has 84 valence electrons. The monoisotopic (exact) mass is 230 g/mol. The largest absolute Gasteiger partial charge is 0.359 e. The summed E-state index contributed by atoms with van der Waals surface area (Å²) in [6, 6.07) is 1.63. The summed E-state index contributed by atoms with van der Waals surface area (Å²) < 4.78 is 29.6. The van der Waals surface area contributed by atoms with Crippen molar-refractivity contribution in [3.05, 3.63) is 17.5 Å². The zero-order chi connectivity index (χ0) is 11.1. The molecule has 1 aromatic rings. The molecule has 15 heavy (non-hydrogen) atoms. The molecule has 1 fully saturated rings. The molecule has 0 radical (unpaired) electrons. The molecule has 1 saturated heterocycles. The maximum absolute atomic E-state index is 11.5. The lowest BCUT2D eigenvalue weighted by atomic mass is 10.2. The number of aryl methyl sites for hydroxylation is 1. The Bertz CT molecular complexity index is 452. The van der Waals surface area contributed by atoms with Crippen molar-refractivity contribution in [1.82, 2.24) is 9.46 Å². The first-order chi connectivity index (χ1) is 6.98. The summed E-state index contributed by atoms with van der Waals surface area (Å²) in [6.07, 6.45) is 2.91. The van der Waals surface area contributed by atoms with E-state index in [0.717, 1.165) is 18.5 Å². The van der Waals surface area contributed by atoms with Crippen LogP contribution in [-0.2, 0) is 10.0 Å². The molecule has 0 amide bonds. The minimum Gasteiger partial charge on any atom is -0.359 e. The lowest BCUT2D eigenvalue weighted by Crippen LogP contribution is -2.29. The van der Waals surface area contributed by atoms with Crippen molar-refractivity contribution >= 4 is 10.0 Å². The molecule has 0 unspecified atom stereocenters. The molecular weight excluding hydrogens is 216 g/mol. The Kier molecular flexibility index (Phi) is 2.56. The van der Waals surface area contributed by atoms with Gasteiger partial charge in [0, 0.05) is 12.6 Å². The van der Waals surface area contributed by atoms with Gasteiger partial charge in [0.05, 0.1) is 18.0 Å². The molecule has 0 spiro atoms. The number of hydrogen-bond donors (Lipinski definition) is 0. The van der Waals surface area contributed by atoms with Gasteiger partial charge < -0.3 is 4.52 Å². The fourth-order valence-electron chi connectivity index (χ4n) is 1.96. The van der Waals surface area contributed by atoms with E-state index in [9.17, 15) is 8.42 Å². The fourth-order valence-corrected chi connectivity index (χ4v) is 3.09. The van der Waals surface area contributed by atoms with Crippen LogP contribution in [0.4, 0.5) is 0 Å². The van der Waals surface area contributed by atoms with E-state index < -0.39 is 10.0 Å². The van der Waals surface area contributed by atoms with Crippen molar-refractivity contribution in [1.29, 1.82) is 0 Å².